The predicted octanol–water partition coefficient (Wildman–Crippen LogP) is 1.44. The average Bonchev–Trinajstić information content (AvgIpc) is 2.35. The van der Waals surface area contributed by atoms with Gasteiger partial charge in [-0.1, -0.05) is 19.3 Å². The fourth-order valence-corrected chi connectivity index (χ4v) is 2.99. The van der Waals surface area contributed by atoms with Crippen molar-refractivity contribution in [2.75, 3.05) is 6.54 Å². The summed E-state index contributed by atoms with van der Waals surface area (Å²) in [6, 6.07) is 0.0334. The topological polar surface area (TPSA) is 95.5 Å². The van der Waals surface area contributed by atoms with E-state index >= 15 is 0 Å². The Kier molecular flexibility index (Phi) is 6.65. The summed E-state index contributed by atoms with van der Waals surface area (Å²) in [6.07, 6.45) is 4.78. The fourth-order valence-electron chi connectivity index (χ4n) is 2.99. The third-order valence-corrected chi connectivity index (χ3v) is 3.87. The molecule has 0 heterocycles. The number of hydrogen-bond acceptors (Lipinski definition) is 3. The molecule has 6 nitrogen and oxygen atoms in total. The molecule has 1 saturated carbocycles. The number of carboxylic acids is 1. The van der Waals surface area contributed by atoms with Crippen LogP contribution in [0.1, 0.15) is 58.8 Å². The van der Waals surface area contributed by atoms with E-state index in [1.807, 2.05) is 13.8 Å². The van der Waals surface area contributed by atoms with Gasteiger partial charge in [0.1, 0.15) is 0 Å². The zero-order valence-corrected chi connectivity index (χ0v) is 12.9. The van der Waals surface area contributed by atoms with Gasteiger partial charge in [-0.3, -0.25) is 14.4 Å². The first-order valence-corrected chi connectivity index (χ1v) is 7.61. The molecule has 1 aliphatic carbocycles. The molecule has 21 heavy (non-hydrogen) atoms. The zero-order valence-electron chi connectivity index (χ0n) is 12.9. The smallest absolute Gasteiger partial charge is 0.303 e. The summed E-state index contributed by atoms with van der Waals surface area (Å²) in [6.45, 7) is 3.65. The monoisotopic (exact) mass is 298 g/mol. The lowest BCUT2D eigenvalue weighted by molar-refractivity contribution is -0.141. The summed E-state index contributed by atoms with van der Waals surface area (Å²) in [7, 11) is 0. The van der Waals surface area contributed by atoms with Crippen molar-refractivity contribution in [2.45, 2.75) is 64.8 Å². The van der Waals surface area contributed by atoms with Crippen molar-refractivity contribution in [2.24, 2.45) is 5.41 Å². The first-order chi connectivity index (χ1) is 9.83. The van der Waals surface area contributed by atoms with Gasteiger partial charge in [0.15, 0.2) is 0 Å². The van der Waals surface area contributed by atoms with Crippen molar-refractivity contribution in [3.63, 3.8) is 0 Å². The van der Waals surface area contributed by atoms with Crippen LogP contribution < -0.4 is 10.6 Å². The number of hydrogen-bond donors (Lipinski definition) is 3. The molecule has 0 saturated heterocycles. The predicted molar refractivity (Wildman–Crippen MR) is 78.7 cm³/mol. The normalized spacial score (nSPS) is 17.3. The Balaban J connectivity index is 2.48. The lowest BCUT2D eigenvalue weighted by Gasteiger charge is -2.35. The first-order valence-electron chi connectivity index (χ1n) is 7.61. The molecule has 0 aromatic carbocycles. The van der Waals surface area contributed by atoms with E-state index in [4.69, 9.17) is 5.11 Å². The molecule has 120 valence electrons. The molecular formula is C15H26N2O4. The maximum atomic E-state index is 12.0. The quantitative estimate of drug-likeness (QED) is 0.662. The molecule has 1 fully saturated rings. The first kappa shape index (κ1) is 17.5. The van der Waals surface area contributed by atoms with Gasteiger partial charge in [0, 0.05) is 12.5 Å². The van der Waals surface area contributed by atoms with Crippen molar-refractivity contribution in [3.05, 3.63) is 0 Å². The van der Waals surface area contributed by atoms with Crippen LogP contribution in [0.4, 0.5) is 0 Å². The molecule has 2 amide bonds. The van der Waals surface area contributed by atoms with Gasteiger partial charge in [0.2, 0.25) is 11.8 Å². The molecule has 1 aliphatic rings. The fraction of sp³-hybridized carbons (Fsp3) is 0.800. The summed E-state index contributed by atoms with van der Waals surface area (Å²) < 4.78 is 0. The molecule has 0 aromatic heterocycles. The molecule has 0 aromatic rings. The summed E-state index contributed by atoms with van der Waals surface area (Å²) in [5.41, 5.74) is -0.442. The Hall–Kier alpha value is -1.59. The number of nitrogens with one attached hydrogen (secondary N) is 2. The van der Waals surface area contributed by atoms with E-state index in [0.29, 0.717) is 0 Å². The van der Waals surface area contributed by atoms with Crippen LogP contribution in [-0.4, -0.2) is 35.5 Å². The van der Waals surface area contributed by atoms with Gasteiger partial charge in [-0.2, -0.15) is 0 Å². The second-order valence-electron chi connectivity index (χ2n) is 6.31. The number of carboxylic acid groups (broad SMARTS) is 1. The van der Waals surface area contributed by atoms with E-state index in [0.717, 1.165) is 32.1 Å². The Morgan fingerprint density at radius 3 is 2.19 bits per heavy atom. The molecule has 0 atom stereocenters. The van der Waals surface area contributed by atoms with Crippen molar-refractivity contribution < 1.29 is 19.5 Å². The minimum absolute atomic E-state index is 0.0264. The SMILES string of the molecule is CC(C)NC(=O)CNC(=O)CC1(CC(=O)O)CCCCC1. The minimum Gasteiger partial charge on any atom is -0.481 e. The number of carbonyl (C=O) groups excluding carboxylic acids is 2. The van der Waals surface area contributed by atoms with Gasteiger partial charge in [-0.25, -0.2) is 0 Å². The molecule has 0 aliphatic heterocycles. The standard InChI is InChI=1S/C15H26N2O4/c1-11(2)17-13(19)10-16-12(18)8-15(9-14(20)21)6-4-3-5-7-15/h11H,3-10H2,1-2H3,(H,16,18)(H,17,19)(H,20,21). The van der Waals surface area contributed by atoms with Crippen molar-refractivity contribution in [3.8, 4) is 0 Å². The summed E-state index contributed by atoms with van der Waals surface area (Å²) in [5.74, 6) is -1.33. The Bertz CT molecular complexity index is 387. The largest absolute Gasteiger partial charge is 0.481 e. The highest BCUT2D eigenvalue weighted by Gasteiger charge is 2.36. The summed E-state index contributed by atoms with van der Waals surface area (Å²) >= 11 is 0. The summed E-state index contributed by atoms with van der Waals surface area (Å²) in [5, 5.41) is 14.4. The van der Waals surface area contributed by atoms with Gasteiger partial charge >= 0.3 is 5.97 Å². The molecular weight excluding hydrogens is 272 g/mol. The van der Waals surface area contributed by atoms with Crippen LogP contribution in [0.25, 0.3) is 0 Å². The minimum atomic E-state index is -0.859. The summed E-state index contributed by atoms with van der Waals surface area (Å²) in [4.78, 5) is 34.5. The second kappa shape index (κ2) is 8.00. The third kappa shape index (κ3) is 6.60. The third-order valence-electron chi connectivity index (χ3n) is 3.87. The lowest BCUT2D eigenvalue weighted by Crippen LogP contribution is -2.42. The molecule has 0 radical (unpaired) electrons. The van der Waals surface area contributed by atoms with Gasteiger partial charge in [0.05, 0.1) is 13.0 Å². The maximum absolute atomic E-state index is 12.0. The van der Waals surface area contributed by atoms with E-state index in [-0.39, 0.29) is 37.2 Å². The van der Waals surface area contributed by atoms with Crippen LogP contribution in [-0.2, 0) is 14.4 Å². The van der Waals surface area contributed by atoms with Gasteiger partial charge in [0.25, 0.3) is 0 Å². The number of carbonyl (C=O) groups is 3. The van der Waals surface area contributed by atoms with E-state index in [1.54, 1.807) is 0 Å². The van der Waals surface area contributed by atoms with Crippen molar-refractivity contribution >= 4 is 17.8 Å². The molecule has 6 heteroatoms. The number of rotatable bonds is 7. The van der Waals surface area contributed by atoms with Crippen LogP contribution in [0.3, 0.4) is 0 Å². The van der Waals surface area contributed by atoms with Crippen LogP contribution in [0.2, 0.25) is 0 Å². The van der Waals surface area contributed by atoms with Gasteiger partial charge < -0.3 is 15.7 Å². The van der Waals surface area contributed by atoms with E-state index in [2.05, 4.69) is 10.6 Å². The Labute approximate surface area is 125 Å². The lowest BCUT2D eigenvalue weighted by atomic mass is 9.69. The zero-order chi connectivity index (χ0) is 15.9. The maximum Gasteiger partial charge on any atom is 0.303 e. The Morgan fingerprint density at radius 2 is 1.67 bits per heavy atom. The second-order valence-corrected chi connectivity index (χ2v) is 6.31. The highest BCUT2D eigenvalue weighted by atomic mass is 16.4. The average molecular weight is 298 g/mol. The molecule has 0 unspecified atom stereocenters. The molecule has 0 spiro atoms. The van der Waals surface area contributed by atoms with Crippen LogP contribution in [0.5, 0.6) is 0 Å². The van der Waals surface area contributed by atoms with Crippen LogP contribution in [0, 0.1) is 5.41 Å². The molecule has 3 N–H and O–H groups in total. The van der Waals surface area contributed by atoms with E-state index < -0.39 is 11.4 Å². The highest BCUT2D eigenvalue weighted by molar-refractivity contribution is 5.85. The molecule has 1 rings (SSSR count). The van der Waals surface area contributed by atoms with Crippen LogP contribution in [0.15, 0.2) is 0 Å². The van der Waals surface area contributed by atoms with Gasteiger partial charge in [-0.05, 0) is 32.1 Å². The highest BCUT2D eigenvalue weighted by Crippen LogP contribution is 2.42. The van der Waals surface area contributed by atoms with Crippen molar-refractivity contribution in [1.29, 1.82) is 0 Å². The number of amides is 2. The molecule has 0 bridgehead atoms. The van der Waals surface area contributed by atoms with Crippen LogP contribution >= 0.6 is 0 Å². The Morgan fingerprint density at radius 1 is 1.05 bits per heavy atom. The van der Waals surface area contributed by atoms with Crippen molar-refractivity contribution in [1.82, 2.24) is 10.6 Å². The number of aliphatic carboxylic acids is 1. The van der Waals surface area contributed by atoms with E-state index in [1.165, 1.54) is 0 Å². The van der Waals surface area contributed by atoms with E-state index in [9.17, 15) is 14.4 Å². The van der Waals surface area contributed by atoms with Gasteiger partial charge in [-0.15, -0.1) is 0 Å².